The van der Waals surface area contributed by atoms with E-state index in [-0.39, 0.29) is 30.0 Å². The Morgan fingerprint density at radius 1 is 1.27 bits per heavy atom. The molecule has 0 amide bonds. The molecule has 0 aromatic heterocycles. The number of hydrogen-bond acceptors (Lipinski definition) is 3. The van der Waals surface area contributed by atoms with Gasteiger partial charge in [-0.15, -0.1) is 0 Å². The van der Waals surface area contributed by atoms with E-state index in [0.717, 1.165) is 18.9 Å². The van der Waals surface area contributed by atoms with Gasteiger partial charge in [-0.05, 0) is 50.3 Å². The molecule has 1 aromatic carbocycles. The first-order chi connectivity index (χ1) is 12.3. The Hall–Kier alpha value is -1.96. The van der Waals surface area contributed by atoms with E-state index in [1.165, 1.54) is 19.2 Å². The molecule has 0 saturated heterocycles. The van der Waals surface area contributed by atoms with Crippen LogP contribution in [0, 0.1) is 0 Å². The number of aliphatic hydroxyl groups is 1. The van der Waals surface area contributed by atoms with E-state index >= 15 is 0 Å². The van der Waals surface area contributed by atoms with E-state index in [1.807, 2.05) is 6.92 Å². The summed E-state index contributed by atoms with van der Waals surface area (Å²) in [5, 5.41) is 15.9. The van der Waals surface area contributed by atoms with Crippen LogP contribution in [0.3, 0.4) is 0 Å². The van der Waals surface area contributed by atoms with Crippen LogP contribution in [0.5, 0.6) is 5.75 Å². The molecular weight excluding hydrogens is 347 g/mol. The predicted octanol–water partition coefficient (Wildman–Crippen LogP) is 3.07. The van der Waals surface area contributed by atoms with Crippen molar-refractivity contribution in [2.24, 2.45) is 4.99 Å². The van der Waals surface area contributed by atoms with Gasteiger partial charge in [0.2, 0.25) is 0 Å². The number of hydrogen-bond donors (Lipinski definition) is 3. The van der Waals surface area contributed by atoms with Crippen molar-refractivity contribution < 1.29 is 23.0 Å². The first-order valence-corrected chi connectivity index (χ1v) is 8.80. The zero-order chi connectivity index (χ0) is 19.2. The summed E-state index contributed by atoms with van der Waals surface area (Å²) >= 11 is 0. The maximum absolute atomic E-state index is 13.3. The average Bonchev–Trinajstić information content (AvgIpc) is 2.61. The Kier molecular flexibility index (Phi) is 7.14. The molecule has 3 N–H and O–H groups in total. The third kappa shape index (κ3) is 5.79. The summed E-state index contributed by atoms with van der Waals surface area (Å²) in [5.74, 6) is 0.647. The van der Waals surface area contributed by atoms with Crippen LogP contribution in [0.2, 0.25) is 0 Å². The molecule has 146 valence electrons. The van der Waals surface area contributed by atoms with Crippen molar-refractivity contribution in [3.8, 4) is 5.75 Å². The second kappa shape index (κ2) is 9.12. The van der Waals surface area contributed by atoms with Gasteiger partial charge in [0.1, 0.15) is 5.75 Å². The van der Waals surface area contributed by atoms with Crippen LogP contribution in [0.4, 0.5) is 13.2 Å². The molecule has 0 spiro atoms. The van der Waals surface area contributed by atoms with Gasteiger partial charge in [-0.25, -0.2) is 4.99 Å². The molecule has 0 aliphatic heterocycles. The summed E-state index contributed by atoms with van der Waals surface area (Å²) in [7, 11) is 1.33. The Bertz CT molecular complexity index is 612. The second-order valence-corrected chi connectivity index (χ2v) is 6.37. The SMILES string of the molecule is CCNC(=NCc1ccc(OC)cc1C(F)(F)F)NC1CCC(O)CC1. The van der Waals surface area contributed by atoms with Crippen LogP contribution >= 0.6 is 0 Å². The fourth-order valence-electron chi connectivity index (χ4n) is 2.98. The number of ether oxygens (including phenoxy) is 1. The molecule has 8 heteroatoms. The Morgan fingerprint density at radius 3 is 2.54 bits per heavy atom. The van der Waals surface area contributed by atoms with E-state index < -0.39 is 11.7 Å². The topological polar surface area (TPSA) is 65.9 Å². The quantitative estimate of drug-likeness (QED) is 0.548. The van der Waals surface area contributed by atoms with Gasteiger partial charge in [0.05, 0.1) is 25.3 Å². The van der Waals surface area contributed by atoms with Gasteiger partial charge in [-0.3, -0.25) is 0 Å². The zero-order valence-corrected chi connectivity index (χ0v) is 15.1. The van der Waals surface area contributed by atoms with Gasteiger partial charge >= 0.3 is 6.18 Å². The third-order valence-electron chi connectivity index (χ3n) is 4.41. The molecule has 0 heterocycles. The van der Waals surface area contributed by atoms with E-state index in [0.29, 0.717) is 25.3 Å². The first-order valence-electron chi connectivity index (χ1n) is 8.80. The molecule has 1 aliphatic rings. The number of aliphatic imine (C=N–C) groups is 1. The van der Waals surface area contributed by atoms with Crippen molar-refractivity contribution in [2.45, 2.75) is 57.5 Å². The Balaban J connectivity index is 2.13. The number of rotatable bonds is 5. The van der Waals surface area contributed by atoms with Gasteiger partial charge in [0, 0.05) is 12.6 Å². The minimum absolute atomic E-state index is 0.0922. The van der Waals surface area contributed by atoms with Crippen LogP contribution in [0.15, 0.2) is 23.2 Å². The lowest BCUT2D eigenvalue weighted by molar-refractivity contribution is -0.138. The van der Waals surface area contributed by atoms with Crippen molar-refractivity contribution in [1.29, 1.82) is 0 Å². The second-order valence-electron chi connectivity index (χ2n) is 6.37. The lowest BCUT2D eigenvalue weighted by Gasteiger charge is -2.27. The van der Waals surface area contributed by atoms with Gasteiger partial charge < -0.3 is 20.5 Å². The highest BCUT2D eigenvalue weighted by molar-refractivity contribution is 5.80. The van der Waals surface area contributed by atoms with Gasteiger partial charge in [0.15, 0.2) is 5.96 Å². The summed E-state index contributed by atoms with van der Waals surface area (Å²) in [6.45, 7) is 2.41. The van der Waals surface area contributed by atoms with Crippen LogP contribution in [-0.2, 0) is 12.7 Å². The van der Waals surface area contributed by atoms with Crippen molar-refractivity contribution >= 4 is 5.96 Å². The standard InChI is InChI=1S/C18H26F3N3O2/c1-3-22-17(24-13-5-7-14(25)8-6-13)23-11-12-4-9-15(26-2)10-16(12)18(19,20)21/h4,9-10,13-14,25H,3,5-8,11H2,1-2H3,(H2,22,23,24). The van der Waals surface area contributed by atoms with Crippen LogP contribution in [0.1, 0.15) is 43.7 Å². The summed E-state index contributed by atoms with van der Waals surface area (Å²) in [5.41, 5.74) is -0.646. The molecule has 1 saturated carbocycles. The van der Waals surface area contributed by atoms with Crippen molar-refractivity contribution in [3.05, 3.63) is 29.3 Å². The molecule has 1 aliphatic carbocycles. The maximum Gasteiger partial charge on any atom is 0.416 e. The molecule has 0 atom stereocenters. The highest BCUT2D eigenvalue weighted by atomic mass is 19.4. The van der Waals surface area contributed by atoms with E-state index in [2.05, 4.69) is 15.6 Å². The molecule has 0 radical (unpaired) electrons. The molecule has 2 rings (SSSR count). The van der Waals surface area contributed by atoms with Crippen LogP contribution in [-0.4, -0.2) is 36.9 Å². The third-order valence-corrected chi connectivity index (χ3v) is 4.41. The average molecular weight is 373 g/mol. The molecule has 26 heavy (non-hydrogen) atoms. The number of nitrogens with one attached hydrogen (secondary N) is 2. The summed E-state index contributed by atoms with van der Waals surface area (Å²) in [6.07, 6.45) is -1.68. The lowest BCUT2D eigenvalue weighted by Crippen LogP contribution is -2.45. The highest BCUT2D eigenvalue weighted by Gasteiger charge is 2.33. The number of alkyl halides is 3. The number of guanidine groups is 1. The largest absolute Gasteiger partial charge is 0.497 e. The maximum atomic E-state index is 13.3. The summed E-state index contributed by atoms with van der Waals surface area (Å²) in [4.78, 5) is 4.32. The minimum atomic E-state index is -4.47. The zero-order valence-electron chi connectivity index (χ0n) is 15.1. The smallest absolute Gasteiger partial charge is 0.416 e. The van der Waals surface area contributed by atoms with Crippen LogP contribution < -0.4 is 15.4 Å². The number of aliphatic hydroxyl groups excluding tert-OH is 1. The molecule has 1 fully saturated rings. The number of nitrogens with zero attached hydrogens (tertiary/aromatic N) is 1. The van der Waals surface area contributed by atoms with Crippen LogP contribution in [0.25, 0.3) is 0 Å². The van der Waals surface area contributed by atoms with E-state index in [9.17, 15) is 18.3 Å². The monoisotopic (exact) mass is 373 g/mol. The molecule has 5 nitrogen and oxygen atoms in total. The summed E-state index contributed by atoms with van der Waals surface area (Å²) in [6, 6.07) is 4.05. The Morgan fingerprint density at radius 2 is 1.96 bits per heavy atom. The summed E-state index contributed by atoms with van der Waals surface area (Å²) < 4.78 is 44.8. The van der Waals surface area contributed by atoms with Gasteiger partial charge in [-0.1, -0.05) is 6.07 Å². The Labute approximate surface area is 151 Å². The van der Waals surface area contributed by atoms with Gasteiger partial charge in [0.25, 0.3) is 0 Å². The van der Waals surface area contributed by atoms with Crippen molar-refractivity contribution in [1.82, 2.24) is 10.6 Å². The normalized spacial score (nSPS) is 21.4. The molecule has 0 bridgehead atoms. The van der Waals surface area contributed by atoms with Crippen molar-refractivity contribution in [3.63, 3.8) is 0 Å². The molecular formula is C18H26F3N3O2. The van der Waals surface area contributed by atoms with E-state index in [4.69, 9.17) is 4.74 Å². The minimum Gasteiger partial charge on any atom is -0.497 e. The number of methoxy groups -OCH3 is 1. The first kappa shape index (κ1) is 20.4. The van der Waals surface area contributed by atoms with Crippen molar-refractivity contribution in [2.75, 3.05) is 13.7 Å². The van der Waals surface area contributed by atoms with E-state index in [1.54, 1.807) is 0 Å². The van der Waals surface area contributed by atoms with Gasteiger partial charge in [-0.2, -0.15) is 13.2 Å². The number of benzene rings is 1. The number of halogens is 3. The molecule has 1 aromatic rings. The fraction of sp³-hybridized carbons (Fsp3) is 0.611. The fourth-order valence-corrected chi connectivity index (χ4v) is 2.98. The predicted molar refractivity (Wildman–Crippen MR) is 94.2 cm³/mol. The lowest BCUT2D eigenvalue weighted by atomic mass is 9.93. The molecule has 0 unspecified atom stereocenters. The highest BCUT2D eigenvalue weighted by Crippen LogP contribution is 2.34.